The van der Waals surface area contributed by atoms with Crippen molar-refractivity contribution in [1.29, 1.82) is 0 Å². The second-order valence-electron chi connectivity index (χ2n) is 30.0. The van der Waals surface area contributed by atoms with Gasteiger partial charge in [0.1, 0.15) is 62.3 Å². The van der Waals surface area contributed by atoms with E-state index in [-0.39, 0.29) is 36.8 Å². The van der Waals surface area contributed by atoms with Crippen molar-refractivity contribution in [2.45, 2.75) is 293 Å². The van der Waals surface area contributed by atoms with Crippen LogP contribution in [0.2, 0.25) is 0 Å². The number of hydrogen-bond donors (Lipinski definition) is 21. The number of morpholine rings is 1. The van der Waals surface area contributed by atoms with Gasteiger partial charge in [-0.1, -0.05) is 69.2 Å². The van der Waals surface area contributed by atoms with Gasteiger partial charge in [0.25, 0.3) is 0 Å². The molecule has 7 fully saturated rings. The maximum absolute atomic E-state index is 12.9. The highest BCUT2D eigenvalue weighted by atomic mass is 16.6. The van der Waals surface area contributed by atoms with Crippen molar-refractivity contribution in [3.05, 3.63) is 0 Å². The van der Waals surface area contributed by atoms with Crippen molar-refractivity contribution in [1.82, 2.24) is 56.0 Å². The van der Waals surface area contributed by atoms with Crippen molar-refractivity contribution >= 4 is 0 Å². The standard InChI is InChI=1S/C62H125N13O17/c1-25(2)41-59(86)74-21-17-19-33(74)57(84)70(13)23-35(76)72(15)47(27(5)6)61(88)90-31(11)43(55(82)66-41)68-53(80)37-39(63)49(78)29(9)51-45(37)65-46-38(40(64)50(79)30(10)52(46)92-51)54(81)69-44-32(12)91-62(89)48(28(7)8)73(16)36(77)24-71(14)58(85)34-20-18-22-75(34)60(87)42(26(3)4)67-56(44)83/h25-62,65-69,76-89H,17-24,63-64H2,1-16H3. The number of fused-ring (bicyclic) bond motifs is 4. The zero-order valence-electron chi connectivity index (χ0n) is 57.4. The van der Waals surface area contributed by atoms with Crippen LogP contribution in [0.3, 0.4) is 0 Å². The van der Waals surface area contributed by atoms with E-state index in [1.165, 1.54) is 0 Å². The lowest BCUT2D eigenvalue weighted by Crippen LogP contribution is -2.80. The number of nitrogens with zero attached hydrogens (tertiary/aromatic N) is 6. The zero-order valence-corrected chi connectivity index (χ0v) is 57.4. The Morgan fingerprint density at radius 1 is 0.467 bits per heavy atom. The Morgan fingerprint density at radius 3 is 1.12 bits per heavy atom. The third-order valence-corrected chi connectivity index (χ3v) is 22.4. The van der Waals surface area contributed by atoms with Gasteiger partial charge < -0.3 is 102 Å². The number of aliphatic hydroxyl groups excluding tert-OH is 14. The quantitative estimate of drug-likeness (QED) is 0.0905. The second kappa shape index (κ2) is 32.9. The van der Waals surface area contributed by atoms with E-state index < -0.39 is 208 Å². The smallest absolute Gasteiger partial charge is 0.170 e. The van der Waals surface area contributed by atoms with Crippen molar-refractivity contribution in [2.24, 2.45) is 58.8 Å². The minimum Gasteiger partial charge on any atom is -0.391 e. The topological polar surface area (TPSA) is 443 Å². The number of nitrogens with one attached hydrogen (secondary N) is 5. The van der Waals surface area contributed by atoms with Crippen molar-refractivity contribution in [3.8, 4) is 0 Å². The summed E-state index contributed by atoms with van der Waals surface area (Å²) in [5.74, 6) is -5.05. The van der Waals surface area contributed by atoms with Gasteiger partial charge in [-0.3, -0.25) is 50.7 Å². The molecule has 5 aliphatic heterocycles. The number of β-amino-alcohol motifs (C(OH)–C–C–N with tert-alkyl or cyclic N) is 2. The molecular formula is C62H125N13O17. The summed E-state index contributed by atoms with van der Waals surface area (Å²) in [6, 6.07) is -11.5. The molecule has 540 valence electrons. The fourth-order valence-electron chi connectivity index (χ4n) is 16.7. The van der Waals surface area contributed by atoms with Crippen LogP contribution < -0.4 is 38.1 Å². The summed E-state index contributed by atoms with van der Waals surface area (Å²) >= 11 is 0. The minimum atomic E-state index is -1.73. The Kier molecular flexibility index (Phi) is 27.9. The molecule has 0 aromatic heterocycles. The Hall–Kier alpha value is -1.20. The molecule has 0 aromatic rings. The lowest BCUT2D eigenvalue weighted by atomic mass is 9.65. The van der Waals surface area contributed by atoms with Crippen LogP contribution in [0.4, 0.5) is 0 Å². The lowest BCUT2D eigenvalue weighted by Gasteiger charge is -2.60. The monoisotopic (exact) mass is 1320 g/mol. The first kappa shape index (κ1) is 78.1. The molecule has 23 N–H and O–H groups in total. The molecule has 0 radical (unpaired) electrons. The van der Waals surface area contributed by atoms with Crippen LogP contribution in [0, 0.1) is 47.3 Å². The Bertz CT molecular complexity index is 2090. The summed E-state index contributed by atoms with van der Waals surface area (Å²) in [5.41, 5.74) is 14.1. The lowest BCUT2D eigenvalue weighted by molar-refractivity contribution is -0.233. The first-order chi connectivity index (χ1) is 42.9. The van der Waals surface area contributed by atoms with Gasteiger partial charge in [0.05, 0.1) is 85.0 Å². The van der Waals surface area contributed by atoms with Crippen LogP contribution in [0.5, 0.6) is 0 Å². The van der Waals surface area contributed by atoms with Crippen LogP contribution in [0.15, 0.2) is 0 Å². The molecule has 2 saturated carbocycles. The van der Waals surface area contributed by atoms with Crippen molar-refractivity contribution in [3.63, 3.8) is 0 Å². The zero-order chi connectivity index (χ0) is 68.7. The van der Waals surface area contributed by atoms with E-state index in [9.17, 15) is 71.5 Å². The van der Waals surface area contributed by atoms with Crippen LogP contribution in [0.1, 0.15) is 109 Å². The van der Waals surface area contributed by atoms with E-state index in [4.69, 9.17) is 25.7 Å². The van der Waals surface area contributed by atoms with E-state index in [1.54, 1.807) is 85.3 Å². The van der Waals surface area contributed by atoms with Crippen LogP contribution in [-0.2, 0) is 14.2 Å². The normalized spacial score (nSPS) is 48.4. The molecule has 34 atom stereocenters. The molecule has 34 unspecified atom stereocenters. The summed E-state index contributed by atoms with van der Waals surface area (Å²) in [6.45, 7) is 22.3. The minimum absolute atomic E-state index is 0.0275. The fourth-order valence-corrected chi connectivity index (χ4v) is 16.7. The predicted octanol–water partition coefficient (Wildman–Crippen LogP) is -6.50. The first-order valence-electron chi connectivity index (χ1n) is 34.1. The van der Waals surface area contributed by atoms with E-state index in [0.29, 0.717) is 38.8 Å². The van der Waals surface area contributed by atoms with E-state index >= 15 is 0 Å². The highest BCUT2D eigenvalue weighted by Crippen LogP contribution is 2.44. The van der Waals surface area contributed by atoms with E-state index in [2.05, 4.69) is 26.6 Å². The second-order valence-corrected chi connectivity index (χ2v) is 30.0. The summed E-state index contributed by atoms with van der Waals surface area (Å²) in [4.78, 5) is 9.90. The summed E-state index contributed by atoms with van der Waals surface area (Å²) in [5, 5.41) is 187. The molecule has 30 nitrogen and oxygen atoms in total. The predicted molar refractivity (Wildman–Crippen MR) is 341 cm³/mol. The summed E-state index contributed by atoms with van der Waals surface area (Å²) in [7, 11) is 6.62. The number of rotatable bonds is 10. The van der Waals surface area contributed by atoms with Crippen LogP contribution >= 0.6 is 0 Å². The third kappa shape index (κ3) is 16.6. The molecular weight excluding hydrogens is 1200 g/mol. The van der Waals surface area contributed by atoms with Gasteiger partial charge in [-0.15, -0.1) is 0 Å². The summed E-state index contributed by atoms with van der Waals surface area (Å²) in [6.07, 6.45) is -21.5. The fraction of sp³-hybridized carbons (Fsp3) is 1.00. The molecule has 2 aliphatic carbocycles. The highest BCUT2D eigenvalue weighted by molar-refractivity contribution is 5.14. The van der Waals surface area contributed by atoms with Gasteiger partial charge in [0.2, 0.25) is 0 Å². The van der Waals surface area contributed by atoms with Gasteiger partial charge in [-0.25, -0.2) is 0 Å². The molecule has 7 rings (SSSR count). The molecule has 5 heterocycles. The maximum Gasteiger partial charge on any atom is 0.170 e. The average Bonchev–Trinajstić information content (AvgIpc) is 0.892. The number of aliphatic hydroxyl groups is 14. The number of likely N-dealkylation sites (N-methyl/N-ethyl adjacent to an activating group) is 4. The molecule has 0 spiro atoms. The van der Waals surface area contributed by atoms with Gasteiger partial charge in [0, 0.05) is 74.0 Å². The SMILES string of the molecule is CC(C)C1NC(O)C(NC(O)C2C(N)C(O)C(C)C3OC4C(C)C(O)C(N)C(C(O)NC5C(O)NC(C(C)C)C(O)N6CCCC6C(O)N(C)CC(O)N(C)C(C(C)C)C(O)OC5C)C4NC32)C(C)OC(O)C(C(C)C)N(C)C(O)CN(C)C(O)C2CCCN2C1O. The largest absolute Gasteiger partial charge is 0.391 e. The first-order valence-corrected chi connectivity index (χ1v) is 34.1. The maximum atomic E-state index is 12.9. The molecule has 7 aliphatic rings. The molecule has 92 heavy (non-hydrogen) atoms. The third-order valence-electron chi connectivity index (χ3n) is 22.4. The number of hydrogen-bond acceptors (Lipinski definition) is 30. The van der Waals surface area contributed by atoms with Crippen LogP contribution in [-0.4, -0.2) is 339 Å². The van der Waals surface area contributed by atoms with Gasteiger partial charge in [-0.2, -0.15) is 0 Å². The van der Waals surface area contributed by atoms with Crippen molar-refractivity contribution < 1.29 is 85.7 Å². The average molecular weight is 1320 g/mol. The van der Waals surface area contributed by atoms with E-state index in [0.717, 1.165) is 0 Å². The van der Waals surface area contributed by atoms with Crippen LogP contribution in [0.25, 0.3) is 0 Å². The molecule has 30 heteroatoms. The Balaban J connectivity index is 1.23. The van der Waals surface area contributed by atoms with Crippen molar-refractivity contribution in [2.75, 3.05) is 54.4 Å². The molecule has 5 saturated heterocycles. The van der Waals surface area contributed by atoms with Gasteiger partial charge in [-0.05, 0) is 91.4 Å². The Labute approximate surface area is 545 Å². The number of ether oxygens (including phenoxy) is 3. The molecule has 0 aromatic carbocycles. The molecule has 0 amide bonds. The molecule has 0 bridgehead atoms. The van der Waals surface area contributed by atoms with E-state index in [1.807, 2.05) is 55.4 Å². The summed E-state index contributed by atoms with van der Waals surface area (Å²) < 4.78 is 19.8. The Morgan fingerprint density at radius 2 is 0.804 bits per heavy atom. The van der Waals surface area contributed by atoms with Gasteiger partial charge >= 0.3 is 0 Å². The number of nitrogens with two attached hydrogens (primary N) is 2. The van der Waals surface area contributed by atoms with Gasteiger partial charge in [0.15, 0.2) is 12.6 Å². The highest BCUT2D eigenvalue weighted by Gasteiger charge is 2.61.